The molecule has 0 amide bonds. The fraction of sp³-hybridized carbons (Fsp3) is 0.636. The minimum absolute atomic E-state index is 0.216. The number of aromatic nitrogens is 2. The van der Waals surface area contributed by atoms with Gasteiger partial charge in [-0.2, -0.15) is 4.98 Å². The summed E-state index contributed by atoms with van der Waals surface area (Å²) in [4.78, 5) is 7.90. The first-order valence-corrected chi connectivity index (χ1v) is 6.00. The Balaban J connectivity index is 2.75. The Morgan fingerprint density at radius 3 is 2.62 bits per heavy atom. The van der Waals surface area contributed by atoms with Crippen molar-refractivity contribution in [2.45, 2.75) is 39.7 Å². The van der Waals surface area contributed by atoms with E-state index in [1.165, 1.54) is 6.20 Å². The van der Waals surface area contributed by atoms with Crippen LogP contribution >= 0.6 is 11.6 Å². The van der Waals surface area contributed by atoms with E-state index >= 15 is 0 Å². The Morgan fingerprint density at radius 2 is 2.06 bits per heavy atom. The van der Waals surface area contributed by atoms with Crippen molar-refractivity contribution >= 4 is 23.1 Å². The Morgan fingerprint density at radius 1 is 1.44 bits per heavy atom. The van der Waals surface area contributed by atoms with Crippen molar-refractivity contribution in [1.29, 1.82) is 0 Å². The number of anilines is 2. The topological polar surface area (TPSA) is 63.8 Å². The van der Waals surface area contributed by atoms with Crippen LogP contribution in [0.4, 0.5) is 11.5 Å². The zero-order valence-electron chi connectivity index (χ0n) is 10.00. The van der Waals surface area contributed by atoms with Gasteiger partial charge in [0.05, 0.1) is 11.9 Å². The molecule has 1 unspecified atom stereocenters. The van der Waals surface area contributed by atoms with Crippen LogP contribution < -0.4 is 11.1 Å². The highest BCUT2D eigenvalue weighted by Crippen LogP contribution is 2.21. The largest absolute Gasteiger partial charge is 0.394 e. The van der Waals surface area contributed by atoms with E-state index in [0.29, 0.717) is 23.5 Å². The summed E-state index contributed by atoms with van der Waals surface area (Å²) in [6, 6.07) is 0.322. The Bertz CT molecular complexity index is 339. The number of nitrogens with zero attached hydrogens (tertiary/aromatic N) is 2. The molecule has 1 atom stereocenters. The summed E-state index contributed by atoms with van der Waals surface area (Å²) in [5.41, 5.74) is 6.30. The van der Waals surface area contributed by atoms with Crippen molar-refractivity contribution in [2.75, 3.05) is 11.1 Å². The van der Waals surface area contributed by atoms with Crippen LogP contribution in [0.25, 0.3) is 0 Å². The average molecular weight is 243 g/mol. The zero-order chi connectivity index (χ0) is 12.1. The molecule has 0 bridgehead atoms. The van der Waals surface area contributed by atoms with Crippen LogP contribution in [0.3, 0.4) is 0 Å². The van der Waals surface area contributed by atoms with Gasteiger partial charge < -0.3 is 11.1 Å². The van der Waals surface area contributed by atoms with Crippen LogP contribution in [0.15, 0.2) is 6.20 Å². The van der Waals surface area contributed by atoms with E-state index in [2.05, 4.69) is 36.1 Å². The van der Waals surface area contributed by atoms with Crippen LogP contribution in [-0.2, 0) is 0 Å². The lowest BCUT2D eigenvalue weighted by atomic mass is 9.95. The molecule has 1 aromatic heterocycles. The fourth-order valence-electron chi connectivity index (χ4n) is 1.81. The second-order valence-electron chi connectivity index (χ2n) is 3.95. The SMILES string of the molecule is CCC(CC)C(C)Nc1nc(Cl)ncc1N. The van der Waals surface area contributed by atoms with Gasteiger partial charge in [-0.15, -0.1) is 0 Å². The predicted molar refractivity (Wildman–Crippen MR) is 68.6 cm³/mol. The van der Waals surface area contributed by atoms with E-state index in [9.17, 15) is 0 Å². The van der Waals surface area contributed by atoms with E-state index in [0.717, 1.165) is 12.8 Å². The van der Waals surface area contributed by atoms with Gasteiger partial charge in [0.2, 0.25) is 5.28 Å². The normalized spacial score (nSPS) is 12.8. The number of nitrogen functional groups attached to an aromatic ring is 1. The summed E-state index contributed by atoms with van der Waals surface area (Å²) in [5, 5.41) is 3.51. The number of nitrogens with one attached hydrogen (secondary N) is 1. The first kappa shape index (κ1) is 13.0. The Hall–Kier alpha value is -1.03. The maximum absolute atomic E-state index is 5.77. The maximum Gasteiger partial charge on any atom is 0.224 e. The quantitative estimate of drug-likeness (QED) is 0.780. The molecule has 0 spiro atoms. The standard InChI is InChI=1S/C11H19ClN4/c1-4-8(5-2)7(3)15-10-9(13)6-14-11(12)16-10/h6-8H,4-5,13H2,1-3H3,(H,14,15,16). The minimum atomic E-state index is 0.216. The number of hydrogen-bond acceptors (Lipinski definition) is 4. The molecule has 0 radical (unpaired) electrons. The molecule has 1 aromatic rings. The van der Waals surface area contributed by atoms with Crippen molar-refractivity contribution < 1.29 is 0 Å². The van der Waals surface area contributed by atoms with Crippen molar-refractivity contribution in [1.82, 2.24) is 9.97 Å². The van der Waals surface area contributed by atoms with Gasteiger partial charge in [0.1, 0.15) is 0 Å². The van der Waals surface area contributed by atoms with Crippen LogP contribution in [-0.4, -0.2) is 16.0 Å². The molecular formula is C11H19ClN4. The summed E-state index contributed by atoms with van der Waals surface area (Å²) in [6.07, 6.45) is 3.78. The molecular weight excluding hydrogens is 224 g/mol. The Labute approximate surface area is 102 Å². The predicted octanol–water partition coefficient (Wildman–Crippen LogP) is 2.95. The first-order chi connectivity index (χ1) is 7.58. The molecule has 0 fully saturated rings. The molecule has 0 aromatic carbocycles. The van der Waals surface area contributed by atoms with Gasteiger partial charge in [-0.3, -0.25) is 0 Å². The van der Waals surface area contributed by atoms with E-state index in [1.54, 1.807) is 0 Å². The van der Waals surface area contributed by atoms with Gasteiger partial charge in [0, 0.05) is 6.04 Å². The van der Waals surface area contributed by atoms with Crippen LogP contribution in [0.5, 0.6) is 0 Å². The van der Waals surface area contributed by atoms with Gasteiger partial charge >= 0.3 is 0 Å². The van der Waals surface area contributed by atoms with Crippen molar-refractivity contribution in [3.8, 4) is 0 Å². The molecule has 0 aliphatic rings. The summed E-state index contributed by atoms with van der Waals surface area (Å²) in [5.74, 6) is 1.23. The van der Waals surface area contributed by atoms with E-state index < -0.39 is 0 Å². The third-order valence-electron chi connectivity index (χ3n) is 2.91. The van der Waals surface area contributed by atoms with Gasteiger partial charge in [-0.05, 0) is 24.4 Å². The van der Waals surface area contributed by atoms with E-state index in [1.807, 2.05) is 0 Å². The third-order valence-corrected chi connectivity index (χ3v) is 3.09. The molecule has 0 aliphatic heterocycles. The van der Waals surface area contributed by atoms with E-state index in [-0.39, 0.29) is 5.28 Å². The Kier molecular flexibility index (Phi) is 4.80. The highest BCUT2D eigenvalue weighted by atomic mass is 35.5. The van der Waals surface area contributed by atoms with Crippen molar-refractivity contribution in [3.63, 3.8) is 0 Å². The molecule has 4 nitrogen and oxygen atoms in total. The second-order valence-corrected chi connectivity index (χ2v) is 4.29. The van der Waals surface area contributed by atoms with Gasteiger partial charge in [-0.1, -0.05) is 26.7 Å². The lowest BCUT2D eigenvalue weighted by Crippen LogP contribution is -2.26. The molecule has 0 saturated heterocycles. The van der Waals surface area contributed by atoms with Gasteiger partial charge in [0.15, 0.2) is 5.82 Å². The molecule has 90 valence electrons. The fourth-order valence-corrected chi connectivity index (χ4v) is 1.95. The molecule has 1 rings (SSSR count). The van der Waals surface area contributed by atoms with Crippen LogP contribution in [0, 0.1) is 5.92 Å². The third kappa shape index (κ3) is 3.23. The molecule has 0 aliphatic carbocycles. The number of halogens is 1. The molecule has 1 heterocycles. The number of hydrogen-bond donors (Lipinski definition) is 2. The molecule has 3 N–H and O–H groups in total. The number of nitrogens with two attached hydrogens (primary N) is 1. The molecule has 0 saturated carbocycles. The summed E-state index contributed by atoms with van der Waals surface area (Å²) in [7, 11) is 0. The lowest BCUT2D eigenvalue weighted by Gasteiger charge is -2.23. The minimum Gasteiger partial charge on any atom is -0.394 e. The summed E-state index contributed by atoms with van der Waals surface area (Å²) < 4.78 is 0. The summed E-state index contributed by atoms with van der Waals surface area (Å²) in [6.45, 7) is 6.50. The van der Waals surface area contributed by atoms with Crippen LogP contribution in [0.1, 0.15) is 33.6 Å². The molecule has 16 heavy (non-hydrogen) atoms. The van der Waals surface area contributed by atoms with Gasteiger partial charge in [0.25, 0.3) is 0 Å². The zero-order valence-corrected chi connectivity index (χ0v) is 10.8. The molecule has 5 heteroatoms. The average Bonchev–Trinajstić information content (AvgIpc) is 2.25. The lowest BCUT2D eigenvalue weighted by molar-refractivity contribution is 0.437. The maximum atomic E-state index is 5.77. The smallest absolute Gasteiger partial charge is 0.224 e. The van der Waals surface area contributed by atoms with Crippen LogP contribution in [0.2, 0.25) is 5.28 Å². The first-order valence-electron chi connectivity index (χ1n) is 5.63. The highest BCUT2D eigenvalue weighted by Gasteiger charge is 2.15. The van der Waals surface area contributed by atoms with Gasteiger partial charge in [-0.25, -0.2) is 4.98 Å². The van der Waals surface area contributed by atoms with Crippen molar-refractivity contribution in [3.05, 3.63) is 11.5 Å². The van der Waals surface area contributed by atoms with E-state index in [4.69, 9.17) is 17.3 Å². The highest BCUT2D eigenvalue weighted by molar-refractivity contribution is 6.28. The number of rotatable bonds is 5. The summed E-state index contributed by atoms with van der Waals surface area (Å²) >= 11 is 5.73. The van der Waals surface area contributed by atoms with Crippen molar-refractivity contribution in [2.24, 2.45) is 5.92 Å². The second kappa shape index (κ2) is 5.89. The monoisotopic (exact) mass is 242 g/mol.